The molecule has 0 saturated carbocycles. The molecule has 0 spiro atoms. The van der Waals surface area contributed by atoms with Gasteiger partial charge in [-0.1, -0.05) is 48.9 Å². The molecule has 1 N–H and O–H groups in total. The maximum absolute atomic E-state index is 13.1. The minimum absolute atomic E-state index is 0.0349. The van der Waals surface area contributed by atoms with Gasteiger partial charge in [-0.3, -0.25) is 9.69 Å². The Hall–Kier alpha value is -3.12. The summed E-state index contributed by atoms with van der Waals surface area (Å²) >= 11 is 5.91. The first-order chi connectivity index (χ1) is 13.5. The van der Waals surface area contributed by atoms with Crippen LogP contribution in [-0.2, 0) is 16.9 Å². The first-order valence-corrected chi connectivity index (χ1v) is 9.31. The summed E-state index contributed by atoms with van der Waals surface area (Å²) in [6, 6.07) is 15.9. The molecule has 4 rings (SSSR count). The molecule has 7 heteroatoms. The zero-order valence-corrected chi connectivity index (χ0v) is 15.9. The van der Waals surface area contributed by atoms with Crippen molar-refractivity contribution in [2.45, 2.75) is 25.4 Å². The van der Waals surface area contributed by atoms with Crippen molar-refractivity contribution in [3.8, 4) is 11.3 Å². The molecule has 1 aliphatic heterocycles. The summed E-state index contributed by atoms with van der Waals surface area (Å²) in [5.74, 6) is 0.523. The number of aromatic nitrogens is 1. The smallest absolute Gasteiger partial charge is 0.325 e. The number of amides is 3. The Morgan fingerprint density at radius 2 is 1.82 bits per heavy atom. The van der Waals surface area contributed by atoms with Crippen molar-refractivity contribution in [1.29, 1.82) is 0 Å². The molecule has 3 amide bonds. The molecule has 6 nitrogen and oxygen atoms in total. The summed E-state index contributed by atoms with van der Waals surface area (Å²) in [4.78, 5) is 31.1. The highest BCUT2D eigenvalue weighted by Crippen LogP contribution is 2.33. The highest BCUT2D eigenvalue weighted by Gasteiger charge is 2.51. The second-order valence-corrected chi connectivity index (χ2v) is 7.01. The summed E-state index contributed by atoms with van der Waals surface area (Å²) < 4.78 is 5.75. The fraction of sp³-hybridized carbons (Fsp3) is 0.190. The Morgan fingerprint density at radius 3 is 2.50 bits per heavy atom. The molecule has 1 aliphatic rings. The number of nitrogens with one attached hydrogen (secondary N) is 1. The summed E-state index contributed by atoms with van der Waals surface area (Å²) in [6.07, 6.45) is 2.01. The quantitative estimate of drug-likeness (QED) is 0.651. The fourth-order valence-electron chi connectivity index (χ4n) is 3.40. The van der Waals surface area contributed by atoms with E-state index < -0.39 is 11.6 Å². The lowest BCUT2D eigenvalue weighted by atomic mass is 9.87. The van der Waals surface area contributed by atoms with Crippen LogP contribution >= 0.6 is 11.6 Å². The van der Waals surface area contributed by atoms with Crippen molar-refractivity contribution in [1.82, 2.24) is 15.2 Å². The molecule has 1 fully saturated rings. The van der Waals surface area contributed by atoms with Gasteiger partial charge in [0, 0.05) is 10.6 Å². The number of carbonyl (C=O) groups is 2. The van der Waals surface area contributed by atoms with Gasteiger partial charge in [0.05, 0.1) is 6.20 Å². The number of hydrogen-bond acceptors (Lipinski definition) is 4. The van der Waals surface area contributed by atoms with Gasteiger partial charge < -0.3 is 9.73 Å². The van der Waals surface area contributed by atoms with Crippen molar-refractivity contribution >= 4 is 23.5 Å². The third-order valence-electron chi connectivity index (χ3n) is 4.95. The molecule has 0 aliphatic carbocycles. The Kier molecular flexibility index (Phi) is 4.65. The van der Waals surface area contributed by atoms with Crippen molar-refractivity contribution < 1.29 is 14.0 Å². The number of halogens is 1. The maximum Gasteiger partial charge on any atom is 0.325 e. The molecule has 2 heterocycles. The zero-order chi connectivity index (χ0) is 19.7. The van der Waals surface area contributed by atoms with Crippen molar-refractivity contribution in [3.63, 3.8) is 0 Å². The summed E-state index contributed by atoms with van der Waals surface area (Å²) in [7, 11) is 0. The van der Waals surface area contributed by atoms with Crippen LogP contribution in [0.25, 0.3) is 11.3 Å². The van der Waals surface area contributed by atoms with Gasteiger partial charge >= 0.3 is 6.03 Å². The van der Waals surface area contributed by atoms with Gasteiger partial charge in [-0.15, -0.1) is 0 Å². The Bertz CT molecular complexity index is 1020. The van der Waals surface area contributed by atoms with E-state index >= 15 is 0 Å². The summed E-state index contributed by atoms with van der Waals surface area (Å²) in [6.45, 7) is 1.84. The van der Waals surface area contributed by atoms with Gasteiger partial charge in [-0.2, -0.15) is 0 Å². The van der Waals surface area contributed by atoms with Crippen molar-refractivity contribution in [3.05, 3.63) is 77.3 Å². The Labute approximate surface area is 167 Å². The predicted octanol–water partition coefficient (Wildman–Crippen LogP) is 4.35. The molecule has 28 heavy (non-hydrogen) atoms. The Morgan fingerprint density at radius 1 is 1.11 bits per heavy atom. The molecule has 2 aromatic carbocycles. The van der Waals surface area contributed by atoms with E-state index in [1.54, 1.807) is 18.3 Å². The average Bonchev–Trinajstić information content (AvgIpc) is 3.28. The van der Waals surface area contributed by atoms with Crippen molar-refractivity contribution in [2.75, 3.05) is 0 Å². The second kappa shape index (κ2) is 7.13. The fourth-order valence-corrected chi connectivity index (χ4v) is 3.52. The van der Waals surface area contributed by atoms with E-state index in [-0.39, 0.29) is 18.3 Å². The van der Waals surface area contributed by atoms with Crippen LogP contribution < -0.4 is 5.32 Å². The highest BCUT2D eigenvalue weighted by atomic mass is 35.5. The van der Waals surface area contributed by atoms with Gasteiger partial charge in [0.1, 0.15) is 12.1 Å². The third-order valence-corrected chi connectivity index (χ3v) is 5.20. The molecule has 0 radical (unpaired) electrons. The first kappa shape index (κ1) is 18.3. The standard InChI is InChI=1S/C21H18ClN3O3/c1-2-21(15-6-4-3-5-7-15)19(26)25(20(27)24-21)13-18-23-12-17(28-18)14-8-10-16(22)11-9-14/h3-12H,2,13H2,1H3,(H,24,27)/t21-/m1/s1. The number of rotatable bonds is 5. The number of urea groups is 1. The molecule has 1 saturated heterocycles. The van der Waals surface area contributed by atoms with E-state index in [0.29, 0.717) is 17.2 Å². The van der Waals surface area contributed by atoms with E-state index in [9.17, 15) is 9.59 Å². The minimum atomic E-state index is -1.07. The largest absolute Gasteiger partial charge is 0.439 e. The van der Waals surface area contributed by atoms with E-state index in [4.69, 9.17) is 16.0 Å². The van der Waals surface area contributed by atoms with E-state index in [1.165, 1.54) is 0 Å². The van der Waals surface area contributed by atoms with Gasteiger partial charge in [-0.25, -0.2) is 9.78 Å². The van der Waals surface area contributed by atoms with Gasteiger partial charge in [0.2, 0.25) is 5.89 Å². The lowest BCUT2D eigenvalue weighted by Crippen LogP contribution is -2.43. The van der Waals surface area contributed by atoms with E-state index in [2.05, 4.69) is 10.3 Å². The monoisotopic (exact) mass is 395 g/mol. The third kappa shape index (κ3) is 3.05. The lowest BCUT2D eigenvalue weighted by Gasteiger charge is -2.25. The van der Waals surface area contributed by atoms with Crippen LogP contribution in [0.15, 0.2) is 65.2 Å². The van der Waals surface area contributed by atoms with E-state index in [1.807, 2.05) is 49.4 Å². The highest BCUT2D eigenvalue weighted by molar-refractivity contribution is 6.30. The van der Waals surface area contributed by atoms with Gasteiger partial charge in [-0.05, 0) is 36.2 Å². The lowest BCUT2D eigenvalue weighted by molar-refractivity contribution is -0.132. The number of oxazole rings is 1. The number of carbonyl (C=O) groups excluding carboxylic acids is 2. The van der Waals surface area contributed by atoms with E-state index in [0.717, 1.165) is 16.0 Å². The number of hydrogen-bond donors (Lipinski definition) is 1. The summed E-state index contributed by atoms with van der Waals surface area (Å²) in [5.41, 5.74) is 0.504. The number of nitrogens with zero attached hydrogens (tertiary/aromatic N) is 2. The molecule has 142 valence electrons. The molecular formula is C21H18ClN3O3. The van der Waals surface area contributed by atoms with Crippen LogP contribution in [0, 0.1) is 0 Å². The zero-order valence-electron chi connectivity index (χ0n) is 15.2. The van der Waals surface area contributed by atoms with Crippen LogP contribution in [-0.4, -0.2) is 21.8 Å². The number of imide groups is 1. The van der Waals surface area contributed by atoms with Gasteiger partial charge in [0.25, 0.3) is 5.91 Å². The molecule has 1 atom stereocenters. The first-order valence-electron chi connectivity index (χ1n) is 8.94. The Balaban J connectivity index is 1.58. The van der Waals surface area contributed by atoms with Crippen LogP contribution in [0.4, 0.5) is 4.79 Å². The molecule has 3 aromatic rings. The average molecular weight is 396 g/mol. The molecule has 1 aromatic heterocycles. The predicted molar refractivity (Wildman–Crippen MR) is 104 cm³/mol. The molecular weight excluding hydrogens is 378 g/mol. The van der Waals surface area contributed by atoms with Crippen LogP contribution in [0.3, 0.4) is 0 Å². The molecule has 0 unspecified atom stereocenters. The normalized spacial score (nSPS) is 19.1. The van der Waals surface area contributed by atoms with Crippen LogP contribution in [0.2, 0.25) is 5.02 Å². The molecule has 0 bridgehead atoms. The van der Waals surface area contributed by atoms with Gasteiger partial charge in [0.15, 0.2) is 5.76 Å². The second-order valence-electron chi connectivity index (χ2n) is 6.57. The van der Waals surface area contributed by atoms with Crippen LogP contribution in [0.5, 0.6) is 0 Å². The van der Waals surface area contributed by atoms with Crippen LogP contribution in [0.1, 0.15) is 24.8 Å². The number of benzene rings is 2. The topological polar surface area (TPSA) is 75.4 Å². The summed E-state index contributed by atoms with van der Waals surface area (Å²) in [5, 5.41) is 3.48. The maximum atomic E-state index is 13.1. The SMILES string of the molecule is CC[C@]1(c2ccccc2)NC(=O)N(Cc2ncc(-c3ccc(Cl)cc3)o2)C1=O. The minimum Gasteiger partial charge on any atom is -0.439 e. The van der Waals surface area contributed by atoms with Crippen molar-refractivity contribution in [2.24, 2.45) is 0 Å².